The number of fused-ring (bicyclic) bond motifs is 1. The number of hydrogen-bond donors (Lipinski definition) is 1. The molecule has 0 aliphatic rings. The van der Waals surface area contributed by atoms with Gasteiger partial charge in [0.25, 0.3) is 5.56 Å². The quantitative estimate of drug-likeness (QED) is 0.842. The highest BCUT2D eigenvalue weighted by Gasteiger charge is 2.12. The molecule has 0 fully saturated rings. The van der Waals surface area contributed by atoms with Crippen LogP contribution in [0.15, 0.2) is 29.1 Å². The molecule has 0 atom stereocenters. The zero-order valence-corrected chi connectivity index (χ0v) is 11.5. The fraction of sp³-hybridized carbons (Fsp3) is 0.400. The third-order valence-corrected chi connectivity index (χ3v) is 2.91. The van der Waals surface area contributed by atoms with Crippen molar-refractivity contribution in [3.63, 3.8) is 0 Å². The second-order valence-corrected chi connectivity index (χ2v) is 4.37. The third-order valence-electron chi connectivity index (χ3n) is 2.91. The molecule has 0 saturated heterocycles. The van der Waals surface area contributed by atoms with Crippen LogP contribution >= 0.6 is 0 Å². The second kappa shape index (κ2) is 5.99. The molecule has 4 nitrogen and oxygen atoms in total. The van der Waals surface area contributed by atoms with Gasteiger partial charge in [0.15, 0.2) is 6.29 Å². The summed E-state index contributed by atoms with van der Waals surface area (Å²) in [7, 11) is 0. The normalized spacial score (nSPS) is 11.4. The lowest BCUT2D eigenvalue weighted by Crippen LogP contribution is -2.11. The highest BCUT2D eigenvalue weighted by Crippen LogP contribution is 2.22. The zero-order valence-electron chi connectivity index (χ0n) is 11.5. The molecule has 0 aliphatic heterocycles. The average molecular weight is 261 g/mol. The van der Waals surface area contributed by atoms with Gasteiger partial charge in [0, 0.05) is 29.9 Å². The van der Waals surface area contributed by atoms with Gasteiger partial charge >= 0.3 is 0 Å². The molecule has 1 aromatic carbocycles. The van der Waals surface area contributed by atoms with Gasteiger partial charge in [0.2, 0.25) is 0 Å². The van der Waals surface area contributed by atoms with Gasteiger partial charge < -0.3 is 14.5 Å². The Bertz CT molecular complexity index is 612. The number of hydrogen-bond acceptors (Lipinski definition) is 3. The van der Waals surface area contributed by atoms with Crippen LogP contribution < -0.4 is 5.56 Å². The molecule has 0 radical (unpaired) electrons. The summed E-state index contributed by atoms with van der Waals surface area (Å²) in [6.45, 7) is 6.90. The van der Waals surface area contributed by atoms with E-state index in [9.17, 15) is 4.79 Å². The summed E-state index contributed by atoms with van der Waals surface area (Å²) in [5, 5.41) is 1.59. The van der Waals surface area contributed by atoms with Crippen LogP contribution in [0.2, 0.25) is 0 Å². The number of rotatable bonds is 5. The van der Waals surface area contributed by atoms with E-state index < -0.39 is 0 Å². The molecule has 102 valence electrons. The predicted octanol–water partition coefficient (Wildman–Crippen LogP) is 2.91. The molecule has 1 heterocycles. The van der Waals surface area contributed by atoms with Crippen LogP contribution in [0.1, 0.15) is 31.4 Å². The minimum atomic E-state index is -0.376. The molecule has 0 amide bonds. The first kappa shape index (κ1) is 13.8. The van der Waals surface area contributed by atoms with Crippen molar-refractivity contribution in [2.75, 3.05) is 13.2 Å². The first-order valence-corrected chi connectivity index (χ1v) is 6.52. The van der Waals surface area contributed by atoms with Crippen LogP contribution in [0.4, 0.5) is 0 Å². The van der Waals surface area contributed by atoms with Gasteiger partial charge in [-0.15, -0.1) is 0 Å². The summed E-state index contributed by atoms with van der Waals surface area (Å²) in [6.07, 6.45) is -0.376. The summed E-state index contributed by atoms with van der Waals surface area (Å²) in [4.78, 5) is 14.6. The number of nitrogens with one attached hydrogen (secondary N) is 1. The molecule has 2 aromatic rings. The van der Waals surface area contributed by atoms with Crippen molar-refractivity contribution in [1.82, 2.24) is 4.98 Å². The lowest BCUT2D eigenvalue weighted by molar-refractivity contribution is -0.140. The average Bonchev–Trinajstić information content (AvgIpc) is 2.37. The number of aryl methyl sites for hydroxylation is 1. The Morgan fingerprint density at radius 1 is 1.16 bits per heavy atom. The van der Waals surface area contributed by atoms with Crippen LogP contribution in [0, 0.1) is 6.92 Å². The Kier molecular flexibility index (Phi) is 4.35. The molecular formula is C15H19NO3. The maximum absolute atomic E-state index is 11.8. The molecule has 0 bridgehead atoms. The summed E-state index contributed by atoms with van der Waals surface area (Å²) in [6, 6.07) is 7.60. The molecule has 0 unspecified atom stereocenters. The molecular weight excluding hydrogens is 242 g/mol. The van der Waals surface area contributed by atoms with Crippen molar-refractivity contribution in [1.29, 1.82) is 0 Å². The Labute approximate surface area is 112 Å². The number of benzene rings is 1. The summed E-state index contributed by atoms with van der Waals surface area (Å²) in [5.41, 5.74) is 1.71. The Morgan fingerprint density at radius 2 is 1.84 bits per heavy atom. The number of aromatic amines is 1. The lowest BCUT2D eigenvalue weighted by Gasteiger charge is -2.17. The van der Waals surface area contributed by atoms with Crippen LogP contribution in [0.3, 0.4) is 0 Å². The van der Waals surface area contributed by atoms with Gasteiger partial charge in [-0.3, -0.25) is 4.79 Å². The Hall–Kier alpha value is -1.65. The van der Waals surface area contributed by atoms with Gasteiger partial charge in [0.05, 0.1) is 0 Å². The highest BCUT2D eigenvalue weighted by molar-refractivity contribution is 5.82. The summed E-state index contributed by atoms with van der Waals surface area (Å²) in [5.74, 6) is 0. The SMILES string of the molecule is CCOC(OCC)c1ccc2c(=O)[nH]c(C)cc2c1. The van der Waals surface area contributed by atoms with Gasteiger partial charge in [-0.2, -0.15) is 0 Å². The molecule has 0 spiro atoms. The largest absolute Gasteiger partial charge is 0.349 e. The Balaban J connectivity index is 2.47. The van der Waals surface area contributed by atoms with Gasteiger partial charge in [-0.05, 0) is 44.4 Å². The number of pyridine rings is 1. The number of ether oxygens (including phenoxy) is 2. The van der Waals surface area contributed by atoms with Gasteiger partial charge in [0.1, 0.15) is 0 Å². The van der Waals surface area contributed by atoms with E-state index in [1.165, 1.54) is 0 Å². The molecule has 19 heavy (non-hydrogen) atoms. The molecule has 0 saturated carbocycles. The lowest BCUT2D eigenvalue weighted by atomic mass is 10.1. The smallest absolute Gasteiger partial charge is 0.256 e. The molecule has 1 N–H and O–H groups in total. The molecule has 2 rings (SSSR count). The molecule has 4 heteroatoms. The first-order valence-electron chi connectivity index (χ1n) is 6.52. The van der Waals surface area contributed by atoms with E-state index in [0.29, 0.717) is 18.6 Å². The number of aromatic nitrogens is 1. The fourth-order valence-corrected chi connectivity index (χ4v) is 2.11. The van der Waals surface area contributed by atoms with Crippen LogP contribution in [0.5, 0.6) is 0 Å². The van der Waals surface area contributed by atoms with E-state index in [4.69, 9.17) is 9.47 Å². The fourth-order valence-electron chi connectivity index (χ4n) is 2.11. The summed E-state index contributed by atoms with van der Waals surface area (Å²) >= 11 is 0. The van der Waals surface area contributed by atoms with Crippen LogP contribution in [-0.2, 0) is 9.47 Å². The van der Waals surface area contributed by atoms with Crippen LogP contribution in [0.25, 0.3) is 10.8 Å². The minimum Gasteiger partial charge on any atom is -0.349 e. The van der Waals surface area contributed by atoms with Crippen molar-refractivity contribution in [3.05, 3.63) is 45.9 Å². The minimum absolute atomic E-state index is 0.0640. The van der Waals surface area contributed by atoms with Gasteiger partial charge in [-0.25, -0.2) is 0 Å². The van der Waals surface area contributed by atoms with Crippen molar-refractivity contribution in [3.8, 4) is 0 Å². The van der Waals surface area contributed by atoms with E-state index in [2.05, 4.69) is 4.98 Å². The van der Waals surface area contributed by atoms with Crippen LogP contribution in [-0.4, -0.2) is 18.2 Å². The molecule has 1 aromatic heterocycles. The number of H-pyrrole nitrogens is 1. The van der Waals surface area contributed by atoms with Crippen molar-refractivity contribution in [2.24, 2.45) is 0 Å². The van der Waals surface area contributed by atoms with E-state index in [-0.39, 0.29) is 11.8 Å². The van der Waals surface area contributed by atoms with Gasteiger partial charge in [-0.1, -0.05) is 6.07 Å². The van der Waals surface area contributed by atoms with Crippen molar-refractivity contribution >= 4 is 10.8 Å². The van der Waals surface area contributed by atoms with Crippen molar-refractivity contribution in [2.45, 2.75) is 27.1 Å². The Morgan fingerprint density at radius 3 is 2.47 bits per heavy atom. The zero-order chi connectivity index (χ0) is 13.8. The summed E-state index contributed by atoms with van der Waals surface area (Å²) < 4.78 is 11.1. The topological polar surface area (TPSA) is 51.3 Å². The third kappa shape index (κ3) is 3.03. The van der Waals surface area contributed by atoms with E-state index in [0.717, 1.165) is 16.6 Å². The second-order valence-electron chi connectivity index (χ2n) is 4.37. The maximum atomic E-state index is 11.8. The van der Waals surface area contributed by atoms with E-state index in [1.54, 1.807) is 0 Å². The standard InChI is InChI=1S/C15H19NO3/c1-4-18-15(19-5-2)11-6-7-13-12(9-11)8-10(3)16-14(13)17/h6-9,15H,4-5H2,1-3H3,(H,16,17). The van der Waals surface area contributed by atoms with E-state index in [1.807, 2.05) is 45.0 Å². The van der Waals surface area contributed by atoms with E-state index >= 15 is 0 Å². The molecule has 0 aliphatic carbocycles. The van der Waals surface area contributed by atoms with Crippen molar-refractivity contribution < 1.29 is 9.47 Å². The maximum Gasteiger partial charge on any atom is 0.256 e. The first-order chi connectivity index (χ1) is 9.15. The monoisotopic (exact) mass is 261 g/mol. The predicted molar refractivity (Wildman–Crippen MR) is 75.3 cm³/mol. The highest BCUT2D eigenvalue weighted by atomic mass is 16.7.